The Hall–Kier alpha value is -2.18. The van der Waals surface area contributed by atoms with E-state index < -0.39 is 0 Å². The maximum atomic E-state index is 5.01. The summed E-state index contributed by atoms with van der Waals surface area (Å²) in [5.74, 6) is 0. The van der Waals surface area contributed by atoms with E-state index >= 15 is 0 Å². The molecule has 0 spiro atoms. The molecular weight excluding hydrogens is 384 g/mol. The first-order valence-electron chi connectivity index (χ1n) is 9.31. The molecule has 1 aromatic rings. The lowest BCUT2D eigenvalue weighted by molar-refractivity contribution is 0.529. The minimum absolute atomic E-state index is 0.224. The molecule has 6 heteroatoms. The lowest BCUT2D eigenvalue weighted by Crippen LogP contribution is -2.27. The summed E-state index contributed by atoms with van der Waals surface area (Å²) in [7, 11) is 8.28. The molecule has 0 fully saturated rings. The third-order valence-corrected chi connectivity index (χ3v) is 7.59. The molecule has 4 nitrogen and oxygen atoms in total. The Kier molecular flexibility index (Phi) is 4.29. The van der Waals surface area contributed by atoms with Crippen molar-refractivity contribution < 1.29 is 0 Å². The standard InChI is InChI=1S/C22H22N4S2/c1-25(2)13-6-8-19-16(9-13)24-18-12-22-17(11-21(18)27-19)23-15-7-5-14(26(3)4)10-20(15)28-22/h5-12,19,22H,1-4H3. The predicted octanol–water partition coefficient (Wildman–Crippen LogP) is 4.65. The Morgan fingerprint density at radius 2 is 1.71 bits per heavy atom. The fourth-order valence-electron chi connectivity index (χ4n) is 3.54. The predicted molar refractivity (Wildman–Crippen MR) is 123 cm³/mol. The molecule has 2 aliphatic heterocycles. The number of hydrogen-bond acceptors (Lipinski definition) is 6. The normalized spacial score (nSPS) is 24.4. The fourth-order valence-corrected chi connectivity index (χ4v) is 5.77. The first-order chi connectivity index (χ1) is 13.5. The molecule has 0 saturated carbocycles. The number of anilines is 1. The summed E-state index contributed by atoms with van der Waals surface area (Å²) in [6, 6.07) is 6.49. The zero-order valence-electron chi connectivity index (χ0n) is 16.4. The number of likely N-dealkylation sites (N-methyl/N-ethyl adjacent to an activating group) is 1. The molecule has 0 saturated heterocycles. The first kappa shape index (κ1) is 17.9. The average molecular weight is 407 g/mol. The van der Waals surface area contributed by atoms with Crippen LogP contribution in [-0.4, -0.2) is 55.0 Å². The van der Waals surface area contributed by atoms with Crippen molar-refractivity contribution in [1.82, 2.24) is 4.90 Å². The number of fused-ring (bicyclic) bond motifs is 4. The molecule has 0 N–H and O–H groups in total. The molecule has 4 aliphatic rings. The molecule has 0 amide bonds. The number of hydrogen-bond donors (Lipinski definition) is 0. The molecule has 2 unspecified atom stereocenters. The highest BCUT2D eigenvalue weighted by Gasteiger charge is 2.32. The van der Waals surface area contributed by atoms with Gasteiger partial charge in [0, 0.05) is 49.4 Å². The van der Waals surface area contributed by atoms with Gasteiger partial charge in [0.25, 0.3) is 0 Å². The zero-order chi connectivity index (χ0) is 19.4. The Bertz CT molecular complexity index is 1040. The van der Waals surface area contributed by atoms with E-state index in [-0.39, 0.29) is 10.5 Å². The van der Waals surface area contributed by atoms with Crippen LogP contribution in [0.25, 0.3) is 0 Å². The van der Waals surface area contributed by atoms with Crippen LogP contribution in [0.1, 0.15) is 0 Å². The van der Waals surface area contributed by atoms with Crippen LogP contribution in [-0.2, 0) is 0 Å². The van der Waals surface area contributed by atoms with Crippen LogP contribution in [0.2, 0.25) is 0 Å². The quantitative estimate of drug-likeness (QED) is 0.715. The Labute approximate surface area is 174 Å². The Morgan fingerprint density at radius 3 is 2.50 bits per heavy atom. The first-order valence-corrected chi connectivity index (χ1v) is 11.1. The number of rotatable bonds is 2. The van der Waals surface area contributed by atoms with Gasteiger partial charge < -0.3 is 9.80 Å². The van der Waals surface area contributed by atoms with Crippen LogP contribution >= 0.6 is 23.5 Å². The molecule has 5 rings (SSSR count). The van der Waals surface area contributed by atoms with E-state index in [2.05, 4.69) is 86.6 Å². The summed E-state index contributed by atoms with van der Waals surface area (Å²) >= 11 is 3.74. The smallest absolute Gasteiger partial charge is 0.0771 e. The largest absolute Gasteiger partial charge is 0.378 e. The molecule has 2 heterocycles. The number of aliphatic imine (C=N–C) groups is 2. The SMILES string of the molecule is CN(C)C1=CC2=NC3=CC4Sc5cc(N(C)C)ccc5N=C4C=C3SC2C=C1. The van der Waals surface area contributed by atoms with E-state index in [0.717, 1.165) is 22.8 Å². The molecule has 0 radical (unpaired) electrons. The average Bonchev–Trinajstić information content (AvgIpc) is 2.68. The molecule has 142 valence electrons. The fraction of sp³-hybridized carbons (Fsp3) is 0.273. The third-order valence-electron chi connectivity index (χ3n) is 5.14. The van der Waals surface area contributed by atoms with Crippen molar-refractivity contribution in [3.63, 3.8) is 0 Å². The van der Waals surface area contributed by atoms with Crippen molar-refractivity contribution in [1.29, 1.82) is 0 Å². The van der Waals surface area contributed by atoms with E-state index in [0.29, 0.717) is 0 Å². The summed E-state index contributed by atoms with van der Waals surface area (Å²) in [6.07, 6.45) is 11.1. The van der Waals surface area contributed by atoms with Gasteiger partial charge in [-0.3, -0.25) is 9.98 Å². The molecule has 2 atom stereocenters. The second-order valence-electron chi connectivity index (χ2n) is 7.58. The molecule has 28 heavy (non-hydrogen) atoms. The van der Waals surface area contributed by atoms with Crippen LogP contribution in [0.5, 0.6) is 0 Å². The van der Waals surface area contributed by atoms with Gasteiger partial charge in [0.05, 0.1) is 33.3 Å². The van der Waals surface area contributed by atoms with Crippen molar-refractivity contribution in [3.05, 3.63) is 64.9 Å². The van der Waals surface area contributed by atoms with Crippen LogP contribution in [0.15, 0.2) is 79.8 Å². The number of thioether (sulfide) groups is 2. The van der Waals surface area contributed by atoms with Gasteiger partial charge in [0.2, 0.25) is 0 Å². The van der Waals surface area contributed by atoms with Gasteiger partial charge in [-0.25, -0.2) is 0 Å². The summed E-state index contributed by atoms with van der Waals surface area (Å²) in [5, 5.41) is 0.511. The zero-order valence-corrected chi connectivity index (χ0v) is 18.0. The lowest BCUT2D eigenvalue weighted by Gasteiger charge is -2.31. The van der Waals surface area contributed by atoms with Gasteiger partial charge in [-0.05, 0) is 42.5 Å². The molecule has 0 bridgehead atoms. The van der Waals surface area contributed by atoms with Gasteiger partial charge in [-0.2, -0.15) is 0 Å². The highest BCUT2D eigenvalue weighted by Crippen LogP contribution is 2.46. The minimum Gasteiger partial charge on any atom is -0.378 e. The van der Waals surface area contributed by atoms with Crippen LogP contribution in [0.4, 0.5) is 11.4 Å². The van der Waals surface area contributed by atoms with Crippen molar-refractivity contribution in [2.45, 2.75) is 15.4 Å². The number of allylic oxidation sites excluding steroid dienone is 3. The summed E-state index contributed by atoms with van der Waals surface area (Å²) in [5.41, 5.74) is 6.82. The van der Waals surface area contributed by atoms with Crippen molar-refractivity contribution in [3.8, 4) is 0 Å². The van der Waals surface area contributed by atoms with E-state index in [9.17, 15) is 0 Å². The van der Waals surface area contributed by atoms with Crippen LogP contribution in [0, 0.1) is 0 Å². The van der Waals surface area contributed by atoms with Gasteiger partial charge >= 0.3 is 0 Å². The maximum Gasteiger partial charge on any atom is 0.0771 e. The molecule has 0 aromatic heterocycles. The van der Waals surface area contributed by atoms with E-state index in [1.807, 2.05) is 23.5 Å². The Balaban J connectivity index is 1.51. The van der Waals surface area contributed by atoms with E-state index in [1.165, 1.54) is 21.2 Å². The van der Waals surface area contributed by atoms with Gasteiger partial charge in [0.1, 0.15) is 0 Å². The number of nitrogens with zero attached hydrogens (tertiary/aromatic N) is 4. The van der Waals surface area contributed by atoms with Crippen molar-refractivity contribution in [2.75, 3.05) is 33.1 Å². The van der Waals surface area contributed by atoms with Crippen molar-refractivity contribution in [2.24, 2.45) is 9.98 Å². The summed E-state index contributed by atoms with van der Waals surface area (Å²) in [4.78, 5) is 16.7. The highest BCUT2D eigenvalue weighted by molar-refractivity contribution is 8.05. The van der Waals surface area contributed by atoms with E-state index in [4.69, 9.17) is 9.98 Å². The van der Waals surface area contributed by atoms with Crippen LogP contribution < -0.4 is 4.90 Å². The molecule has 2 aliphatic carbocycles. The molecule has 1 aromatic carbocycles. The maximum absolute atomic E-state index is 5.01. The Morgan fingerprint density at radius 1 is 0.893 bits per heavy atom. The topological polar surface area (TPSA) is 31.2 Å². The number of benzene rings is 1. The second-order valence-corrected chi connectivity index (χ2v) is 9.95. The van der Waals surface area contributed by atoms with Gasteiger partial charge in [-0.1, -0.05) is 6.08 Å². The highest BCUT2D eigenvalue weighted by atomic mass is 32.2. The van der Waals surface area contributed by atoms with Gasteiger partial charge in [-0.15, -0.1) is 23.5 Å². The minimum atomic E-state index is 0.224. The van der Waals surface area contributed by atoms with Crippen LogP contribution in [0.3, 0.4) is 0 Å². The van der Waals surface area contributed by atoms with Gasteiger partial charge in [0.15, 0.2) is 0 Å². The summed E-state index contributed by atoms with van der Waals surface area (Å²) in [6.45, 7) is 0. The third kappa shape index (κ3) is 3.05. The van der Waals surface area contributed by atoms with E-state index in [1.54, 1.807) is 0 Å². The monoisotopic (exact) mass is 406 g/mol. The lowest BCUT2D eigenvalue weighted by atomic mass is 10.1. The summed E-state index contributed by atoms with van der Waals surface area (Å²) < 4.78 is 0. The molecular formula is C22H22N4S2. The second kappa shape index (κ2) is 6.71. The van der Waals surface area contributed by atoms with Crippen molar-refractivity contribution >= 4 is 46.3 Å².